The quantitative estimate of drug-likeness (QED) is 0.434. The molecule has 1 unspecified atom stereocenters. The van der Waals surface area contributed by atoms with Gasteiger partial charge in [0.25, 0.3) is 6.01 Å². The van der Waals surface area contributed by atoms with Crippen LogP contribution in [0.4, 0.5) is 10.4 Å². The maximum absolute atomic E-state index is 13.3. The van der Waals surface area contributed by atoms with E-state index >= 15 is 0 Å². The zero-order valence-corrected chi connectivity index (χ0v) is 18.6. The Bertz CT molecular complexity index is 1310. The van der Waals surface area contributed by atoms with Gasteiger partial charge in [-0.15, -0.1) is 0 Å². The third kappa shape index (κ3) is 4.14. The molecule has 0 spiro atoms. The summed E-state index contributed by atoms with van der Waals surface area (Å²) >= 11 is 0. The molecule has 0 amide bonds. The van der Waals surface area contributed by atoms with Gasteiger partial charge in [-0.1, -0.05) is 36.4 Å². The number of piperidine rings is 1. The number of benzene rings is 2. The number of halogens is 1. The lowest BCUT2D eigenvalue weighted by atomic mass is 9.82. The van der Waals surface area contributed by atoms with E-state index in [1.165, 1.54) is 18.5 Å². The van der Waals surface area contributed by atoms with Crippen LogP contribution < -0.4 is 4.90 Å². The summed E-state index contributed by atoms with van der Waals surface area (Å²) in [4.78, 5) is 26.7. The Morgan fingerprint density at radius 2 is 1.62 bits per heavy atom. The van der Waals surface area contributed by atoms with Crippen molar-refractivity contribution in [2.24, 2.45) is 5.41 Å². The molecule has 8 heteroatoms. The molecule has 0 saturated carbocycles. The van der Waals surface area contributed by atoms with Gasteiger partial charge in [0.2, 0.25) is 0 Å². The zero-order chi connectivity index (χ0) is 23.7. The largest absolute Gasteiger partial charge is 0.481 e. The fourth-order valence-electron chi connectivity index (χ4n) is 4.29. The molecule has 2 aromatic heterocycles. The first kappa shape index (κ1) is 21.8. The summed E-state index contributed by atoms with van der Waals surface area (Å²) in [7, 11) is 0. The number of aromatic nitrogens is 3. The van der Waals surface area contributed by atoms with Crippen LogP contribution in [0.2, 0.25) is 0 Å². The lowest BCUT2D eigenvalue weighted by molar-refractivity contribution is -0.148. The summed E-state index contributed by atoms with van der Waals surface area (Å²) in [6.07, 6.45) is 6.10. The van der Waals surface area contributed by atoms with Crippen molar-refractivity contribution in [2.75, 3.05) is 18.0 Å². The van der Waals surface area contributed by atoms with E-state index in [9.17, 15) is 14.3 Å². The van der Waals surface area contributed by atoms with Crippen molar-refractivity contribution in [3.05, 3.63) is 73.1 Å². The van der Waals surface area contributed by atoms with Gasteiger partial charge in [0.15, 0.2) is 5.76 Å². The first-order chi connectivity index (χ1) is 16.4. The van der Waals surface area contributed by atoms with Crippen LogP contribution in [0.25, 0.3) is 33.7 Å². The van der Waals surface area contributed by atoms with E-state index in [0.29, 0.717) is 42.5 Å². The highest BCUT2D eigenvalue weighted by molar-refractivity contribution is 5.79. The molecule has 0 aliphatic carbocycles. The van der Waals surface area contributed by atoms with Gasteiger partial charge in [-0.3, -0.25) is 4.79 Å². The van der Waals surface area contributed by atoms with Crippen LogP contribution in [0, 0.1) is 11.2 Å². The zero-order valence-electron chi connectivity index (χ0n) is 18.6. The number of anilines is 1. The molecule has 1 fully saturated rings. The van der Waals surface area contributed by atoms with Gasteiger partial charge < -0.3 is 14.4 Å². The van der Waals surface area contributed by atoms with E-state index in [0.717, 1.165) is 23.1 Å². The highest BCUT2D eigenvalue weighted by Gasteiger charge is 2.39. The van der Waals surface area contributed by atoms with Crippen molar-refractivity contribution < 1.29 is 18.7 Å². The maximum atomic E-state index is 13.3. The highest BCUT2D eigenvalue weighted by atomic mass is 19.1. The number of carboxylic acid groups (broad SMARTS) is 1. The van der Waals surface area contributed by atoms with Crippen LogP contribution in [-0.4, -0.2) is 39.1 Å². The maximum Gasteiger partial charge on any atom is 0.311 e. The average Bonchev–Trinajstić information content (AvgIpc) is 3.31. The molecule has 1 atom stereocenters. The van der Waals surface area contributed by atoms with Crippen molar-refractivity contribution in [3.8, 4) is 33.7 Å². The Balaban J connectivity index is 1.53. The van der Waals surface area contributed by atoms with E-state index in [4.69, 9.17) is 9.40 Å². The van der Waals surface area contributed by atoms with Crippen molar-refractivity contribution in [1.82, 2.24) is 15.0 Å². The average molecular weight is 458 g/mol. The van der Waals surface area contributed by atoms with Gasteiger partial charge >= 0.3 is 5.97 Å². The summed E-state index contributed by atoms with van der Waals surface area (Å²) in [5.74, 6) is -0.577. The van der Waals surface area contributed by atoms with E-state index in [2.05, 4.69) is 9.97 Å². The van der Waals surface area contributed by atoms with E-state index in [-0.39, 0.29) is 5.82 Å². The summed E-state index contributed by atoms with van der Waals surface area (Å²) in [6, 6.07) is 14.5. The lowest BCUT2D eigenvalue weighted by Crippen LogP contribution is -2.46. The Kier molecular flexibility index (Phi) is 5.57. The van der Waals surface area contributed by atoms with Crippen molar-refractivity contribution in [3.63, 3.8) is 0 Å². The second-order valence-corrected chi connectivity index (χ2v) is 8.78. The molecule has 0 radical (unpaired) electrons. The van der Waals surface area contributed by atoms with E-state index < -0.39 is 11.4 Å². The summed E-state index contributed by atoms with van der Waals surface area (Å²) < 4.78 is 19.5. The summed E-state index contributed by atoms with van der Waals surface area (Å²) in [5, 5.41) is 9.70. The number of carboxylic acids is 1. The van der Waals surface area contributed by atoms with Gasteiger partial charge in [0.1, 0.15) is 17.8 Å². The normalized spacial score (nSPS) is 18.1. The molecule has 5 rings (SSSR count). The minimum Gasteiger partial charge on any atom is -0.481 e. The van der Waals surface area contributed by atoms with E-state index in [1.54, 1.807) is 31.5 Å². The van der Waals surface area contributed by atoms with Crippen LogP contribution in [-0.2, 0) is 4.79 Å². The first-order valence-corrected chi connectivity index (χ1v) is 11.0. The third-order valence-electron chi connectivity index (χ3n) is 6.26. The minimum absolute atomic E-state index is 0.276. The second kappa shape index (κ2) is 8.70. The van der Waals surface area contributed by atoms with Crippen molar-refractivity contribution >= 4 is 12.0 Å². The molecule has 3 heterocycles. The Labute approximate surface area is 195 Å². The third-order valence-corrected chi connectivity index (χ3v) is 6.26. The lowest BCUT2D eigenvalue weighted by Gasteiger charge is -2.36. The predicted molar refractivity (Wildman–Crippen MR) is 126 cm³/mol. The van der Waals surface area contributed by atoms with Crippen LogP contribution in [0.1, 0.15) is 19.8 Å². The van der Waals surface area contributed by atoms with Crippen molar-refractivity contribution in [2.45, 2.75) is 19.8 Å². The van der Waals surface area contributed by atoms with Gasteiger partial charge in [-0.05, 0) is 43.0 Å². The molecule has 1 aliphatic heterocycles. The predicted octanol–water partition coefficient (Wildman–Crippen LogP) is 5.30. The Morgan fingerprint density at radius 1 is 1.00 bits per heavy atom. The van der Waals surface area contributed by atoms with Crippen molar-refractivity contribution in [1.29, 1.82) is 0 Å². The Morgan fingerprint density at radius 3 is 2.26 bits per heavy atom. The topological polar surface area (TPSA) is 92.3 Å². The smallest absolute Gasteiger partial charge is 0.311 e. The summed E-state index contributed by atoms with van der Waals surface area (Å²) in [6.45, 7) is 2.74. The van der Waals surface area contributed by atoms with Gasteiger partial charge in [0, 0.05) is 31.0 Å². The fourth-order valence-corrected chi connectivity index (χ4v) is 4.29. The second-order valence-electron chi connectivity index (χ2n) is 8.78. The number of rotatable bonds is 5. The highest BCUT2D eigenvalue weighted by Crippen LogP contribution is 2.38. The van der Waals surface area contributed by atoms with Gasteiger partial charge in [-0.25, -0.2) is 14.4 Å². The molecular formula is C26H23FN4O3. The Hall–Kier alpha value is -4.07. The molecule has 0 bridgehead atoms. The minimum atomic E-state index is -0.861. The number of hydrogen-bond acceptors (Lipinski definition) is 6. The molecule has 1 saturated heterocycles. The van der Waals surface area contributed by atoms with Crippen LogP contribution in [0.5, 0.6) is 0 Å². The molecular weight excluding hydrogens is 435 g/mol. The summed E-state index contributed by atoms with van der Waals surface area (Å²) in [5.41, 5.74) is 3.13. The van der Waals surface area contributed by atoms with E-state index in [1.807, 2.05) is 29.2 Å². The fraction of sp³-hybridized carbons (Fsp3) is 0.231. The first-order valence-electron chi connectivity index (χ1n) is 11.0. The van der Waals surface area contributed by atoms with Crippen LogP contribution in [0.3, 0.4) is 0 Å². The van der Waals surface area contributed by atoms with Crippen LogP contribution >= 0.6 is 0 Å². The number of hydrogen-bond donors (Lipinski definition) is 1. The molecule has 4 aromatic rings. The molecule has 34 heavy (non-hydrogen) atoms. The SMILES string of the molecule is CC1(C(=O)O)CCCN(c2nc(-c3ccc(-c4ccc(F)cc4)cc3)c(-c3cncnc3)o2)C1. The standard InChI is InChI=1S/C26H23FN4O3/c1-26(24(32)33)11-2-12-31(15-26)25-30-22(23(34-25)20-13-28-16-29-14-20)19-5-3-17(4-6-19)18-7-9-21(27)10-8-18/h3-10,13-14,16H,2,11-12,15H2,1H3,(H,32,33). The molecule has 1 aliphatic rings. The van der Waals surface area contributed by atoms with Gasteiger partial charge in [0.05, 0.1) is 11.0 Å². The monoisotopic (exact) mass is 458 g/mol. The molecule has 7 nitrogen and oxygen atoms in total. The molecule has 1 N–H and O–H groups in total. The molecule has 2 aromatic carbocycles. The number of carbonyl (C=O) groups is 1. The molecule has 172 valence electrons. The van der Waals surface area contributed by atoms with Crippen LogP contribution in [0.15, 0.2) is 71.7 Å². The number of oxazole rings is 1. The number of nitrogens with zero attached hydrogens (tertiary/aromatic N) is 4. The van der Waals surface area contributed by atoms with Gasteiger partial charge in [-0.2, -0.15) is 4.98 Å². The number of aliphatic carboxylic acids is 1.